The zero-order chi connectivity index (χ0) is 20.6. The molecule has 7 nitrogen and oxygen atoms in total. The average molecular weight is 468 g/mol. The fraction of sp³-hybridized carbons (Fsp3) is 0.263. The zero-order valence-electron chi connectivity index (χ0n) is 15.4. The van der Waals surface area contributed by atoms with Crippen LogP contribution in [-0.4, -0.2) is 51.2 Å². The van der Waals surface area contributed by atoms with Crippen LogP contribution in [0.1, 0.15) is 5.56 Å². The molecule has 150 valence electrons. The van der Waals surface area contributed by atoms with Gasteiger partial charge in [0.05, 0.1) is 17.9 Å². The standard InChI is InChI=1S/C19H22BrN3O4S/c1-23(28(26,27)17-9-7-16(20)8-10-17)14-19(25)22-12-11-21-18(24)13-15-5-3-2-4-6-15/h2-10H,11-14H2,1H3,(H,21,24)(H,22,25). The van der Waals surface area contributed by atoms with Crippen molar-refractivity contribution in [3.8, 4) is 0 Å². The van der Waals surface area contributed by atoms with E-state index < -0.39 is 15.9 Å². The van der Waals surface area contributed by atoms with Gasteiger partial charge >= 0.3 is 0 Å². The van der Waals surface area contributed by atoms with Crippen LogP contribution >= 0.6 is 15.9 Å². The number of hydrogen-bond acceptors (Lipinski definition) is 4. The highest BCUT2D eigenvalue weighted by Gasteiger charge is 2.22. The topological polar surface area (TPSA) is 95.6 Å². The number of benzene rings is 2. The molecule has 0 saturated carbocycles. The lowest BCUT2D eigenvalue weighted by Crippen LogP contribution is -2.41. The predicted molar refractivity (Wildman–Crippen MR) is 110 cm³/mol. The number of likely N-dealkylation sites (N-methyl/N-ethyl adjacent to an activating group) is 1. The number of amides is 2. The molecule has 0 aromatic heterocycles. The van der Waals surface area contributed by atoms with E-state index in [4.69, 9.17) is 0 Å². The molecule has 2 amide bonds. The minimum atomic E-state index is -3.75. The fourth-order valence-electron chi connectivity index (χ4n) is 2.38. The molecule has 0 radical (unpaired) electrons. The molecule has 0 fully saturated rings. The minimum Gasteiger partial charge on any atom is -0.354 e. The van der Waals surface area contributed by atoms with Crippen molar-refractivity contribution in [2.24, 2.45) is 0 Å². The summed E-state index contributed by atoms with van der Waals surface area (Å²) in [5.41, 5.74) is 0.906. The Morgan fingerprint density at radius 2 is 1.50 bits per heavy atom. The van der Waals surface area contributed by atoms with Crippen LogP contribution in [0.15, 0.2) is 64.0 Å². The second-order valence-electron chi connectivity index (χ2n) is 6.08. The zero-order valence-corrected chi connectivity index (χ0v) is 17.8. The summed E-state index contributed by atoms with van der Waals surface area (Å²) in [7, 11) is -2.40. The van der Waals surface area contributed by atoms with Gasteiger partial charge in [-0.25, -0.2) is 8.42 Å². The van der Waals surface area contributed by atoms with Crippen molar-refractivity contribution in [2.75, 3.05) is 26.7 Å². The lowest BCUT2D eigenvalue weighted by atomic mass is 10.1. The normalized spacial score (nSPS) is 11.2. The molecule has 0 aliphatic carbocycles. The first-order valence-corrected chi connectivity index (χ1v) is 10.8. The molecular formula is C19H22BrN3O4S. The molecule has 28 heavy (non-hydrogen) atoms. The number of rotatable bonds is 9. The van der Waals surface area contributed by atoms with E-state index in [-0.39, 0.29) is 36.9 Å². The fourth-order valence-corrected chi connectivity index (χ4v) is 3.77. The molecule has 0 aliphatic rings. The van der Waals surface area contributed by atoms with Crippen molar-refractivity contribution in [3.05, 3.63) is 64.6 Å². The van der Waals surface area contributed by atoms with Crippen molar-refractivity contribution in [2.45, 2.75) is 11.3 Å². The highest BCUT2D eigenvalue weighted by molar-refractivity contribution is 9.10. The van der Waals surface area contributed by atoms with Crippen molar-refractivity contribution in [3.63, 3.8) is 0 Å². The van der Waals surface area contributed by atoms with Crippen LogP contribution in [0.4, 0.5) is 0 Å². The number of hydrogen-bond donors (Lipinski definition) is 2. The van der Waals surface area contributed by atoms with E-state index >= 15 is 0 Å². The molecule has 0 atom stereocenters. The van der Waals surface area contributed by atoms with Crippen molar-refractivity contribution in [1.29, 1.82) is 0 Å². The van der Waals surface area contributed by atoms with E-state index in [1.807, 2.05) is 30.3 Å². The summed E-state index contributed by atoms with van der Waals surface area (Å²) >= 11 is 3.25. The van der Waals surface area contributed by atoms with Crippen LogP contribution in [0.25, 0.3) is 0 Å². The van der Waals surface area contributed by atoms with Gasteiger partial charge in [0.25, 0.3) is 0 Å². The van der Waals surface area contributed by atoms with E-state index in [2.05, 4.69) is 26.6 Å². The van der Waals surface area contributed by atoms with Gasteiger partial charge in [-0.1, -0.05) is 46.3 Å². The Balaban J connectivity index is 1.73. The molecule has 0 aliphatic heterocycles. The van der Waals surface area contributed by atoms with Crippen LogP contribution < -0.4 is 10.6 Å². The smallest absolute Gasteiger partial charge is 0.243 e. The van der Waals surface area contributed by atoms with Crippen LogP contribution in [0, 0.1) is 0 Å². The van der Waals surface area contributed by atoms with Gasteiger partial charge < -0.3 is 10.6 Å². The number of nitrogens with zero attached hydrogens (tertiary/aromatic N) is 1. The van der Waals surface area contributed by atoms with E-state index in [0.717, 1.165) is 14.3 Å². The Labute approximate surface area is 173 Å². The van der Waals surface area contributed by atoms with E-state index in [9.17, 15) is 18.0 Å². The summed E-state index contributed by atoms with van der Waals surface area (Å²) in [6.45, 7) is 0.169. The SMILES string of the molecule is CN(CC(=O)NCCNC(=O)Cc1ccccc1)S(=O)(=O)c1ccc(Br)cc1. The second-order valence-corrected chi connectivity index (χ2v) is 9.04. The molecular weight excluding hydrogens is 446 g/mol. The van der Waals surface area contributed by atoms with Crippen LogP contribution in [-0.2, 0) is 26.0 Å². The third kappa shape index (κ3) is 6.74. The van der Waals surface area contributed by atoms with Gasteiger partial charge in [0.1, 0.15) is 0 Å². The maximum Gasteiger partial charge on any atom is 0.243 e. The highest BCUT2D eigenvalue weighted by Crippen LogP contribution is 2.17. The monoisotopic (exact) mass is 467 g/mol. The Kier molecular flexibility index (Phi) is 8.16. The molecule has 0 heterocycles. The number of carbonyl (C=O) groups is 2. The number of carbonyl (C=O) groups excluding carboxylic acids is 2. The molecule has 2 aromatic carbocycles. The van der Waals surface area contributed by atoms with Gasteiger partial charge in [-0.15, -0.1) is 0 Å². The maximum absolute atomic E-state index is 12.4. The Morgan fingerprint density at radius 3 is 2.11 bits per heavy atom. The van der Waals surface area contributed by atoms with E-state index in [1.54, 1.807) is 12.1 Å². The molecule has 0 spiro atoms. The summed E-state index contributed by atoms with van der Waals surface area (Å²) < 4.78 is 26.6. The largest absolute Gasteiger partial charge is 0.354 e. The number of sulfonamides is 1. The van der Waals surface area contributed by atoms with Gasteiger partial charge in [0.15, 0.2) is 0 Å². The lowest BCUT2D eigenvalue weighted by molar-refractivity contribution is -0.122. The molecule has 0 saturated heterocycles. The summed E-state index contributed by atoms with van der Waals surface area (Å²) in [5.74, 6) is -0.587. The quantitative estimate of drug-likeness (QED) is 0.546. The molecule has 2 aromatic rings. The van der Waals surface area contributed by atoms with Gasteiger partial charge in [-0.2, -0.15) is 4.31 Å². The van der Waals surface area contributed by atoms with E-state index in [1.165, 1.54) is 19.2 Å². The van der Waals surface area contributed by atoms with Crippen molar-refractivity contribution < 1.29 is 18.0 Å². The predicted octanol–water partition coefficient (Wildman–Crippen LogP) is 1.54. The Bertz CT molecular complexity index is 903. The molecule has 9 heteroatoms. The van der Waals surface area contributed by atoms with E-state index in [0.29, 0.717) is 0 Å². The third-order valence-electron chi connectivity index (χ3n) is 3.86. The maximum atomic E-state index is 12.4. The van der Waals surface area contributed by atoms with Crippen LogP contribution in [0.5, 0.6) is 0 Å². The molecule has 2 N–H and O–H groups in total. The van der Waals surface area contributed by atoms with Crippen molar-refractivity contribution >= 4 is 37.8 Å². The average Bonchev–Trinajstić information content (AvgIpc) is 2.66. The summed E-state index contributed by atoms with van der Waals surface area (Å²) in [6.07, 6.45) is 0.267. The first-order valence-electron chi connectivity index (χ1n) is 8.58. The summed E-state index contributed by atoms with van der Waals surface area (Å²) in [6, 6.07) is 15.5. The lowest BCUT2D eigenvalue weighted by Gasteiger charge is -2.17. The summed E-state index contributed by atoms with van der Waals surface area (Å²) in [5, 5.41) is 5.31. The number of nitrogens with one attached hydrogen (secondary N) is 2. The summed E-state index contributed by atoms with van der Waals surface area (Å²) in [4.78, 5) is 23.9. The first kappa shape index (κ1) is 22.1. The second kappa shape index (κ2) is 10.4. The minimum absolute atomic E-state index is 0.110. The van der Waals surface area contributed by atoms with Gasteiger partial charge in [0.2, 0.25) is 21.8 Å². The van der Waals surface area contributed by atoms with Crippen LogP contribution in [0.2, 0.25) is 0 Å². The molecule has 2 rings (SSSR count). The third-order valence-corrected chi connectivity index (χ3v) is 6.21. The first-order chi connectivity index (χ1) is 13.3. The van der Waals surface area contributed by atoms with Crippen LogP contribution in [0.3, 0.4) is 0 Å². The Hall–Kier alpha value is -2.23. The van der Waals surface area contributed by atoms with Gasteiger partial charge in [-0.05, 0) is 29.8 Å². The Morgan fingerprint density at radius 1 is 0.929 bits per heavy atom. The molecule has 0 bridgehead atoms. The molecule has 0 unspecified atom stereocenters. The highest BCUT2D eigenvalue weighted by atomic mass is 79.9. The van der Waals surface area contributed by atoms with Crippen molar-refractivity contribution in [1.82, 2.24) is 14.9 Å². The van der Waals surface area contributed by atoms with Gasteiger partial charge in [-0.3, -0.25) is 9.59 Å². The van der Waals surface area contributed by atoms with Gasteiger partial charge in [0, 0.05) is 24.6 Å². The number of halogens is 1.